The molecule has 1 amide bonds. The minimum atomic E-state index is -1.55. The van der Waals surface area contributed by atoms with E-state index < -0.39 is 10.8 Å². The Morgan fingerprint density at radius 3 is 2.53 bits per heavy atom. The predicted octanol–water partition coefficient (Wildman–Crippen LogP) is 3.83. The summed E-state index contributed by atoms with van der Waals surface area (Å²) in [5, 5.41) is 3.00. The van der Waals surface area contributed by atoms with E-state index >= 15 is 0 Å². The Kier molecular flexibility index (Phi) is 7.51. The van der Waals surface area contributed by atoms with E-state index in [9.17, 15) is 9.00 Å². The number of anilines is 1. The molecule has 1 unspecified atom stereocenters. The molecule has 1 aromatic carbocycles. The van der Waals surface area contributed by atoms with Crippen LogP contribution in [0.1, 0.15) is 29.8 Å². The molecule has 0 radical (unpaired) electrons. The lowest BCUT2D eigenvalue weighted by Gasteiger charge is -2.13. The van der Waals surface area contributed by atoms with E-state index in [0.717, 1.165) is 5.56 Å². The van der Waals surface area contributed by atoms with Crippen LogP contribution in [0.2, 0.25) is 0 Å². The van der Waals surface area contributed by atoms with Gasteiger partial charge in [-0.15, -0.1) is 0 Å². The summed E-state index contributed by atoms with van der Waals surface area (Å²) in [5.41, 5.74) is 1.61. The topological polar surface area (TPSA) is 90.4 Å². The van der Waals surface area contributed by atoms with Gasteiger partial charge in [-0.2, -0.15) is 0 Å². The van der Waals surface area contributed by atoms with Gasteiger partial charge >= 0.3 is 0 Å². The number of carbonyl (C=O) groups excluding carboxylic acids is 1. The van der Waals surface area contributed by atoms with Crippen LogP contribution in [-0.2, 0) is 16.6 Å². The molecule has 156 valence electrons. The van der Waals surface area contributed by atoms with Crippen LogP contribution < -0.4 is 14.8 Å². The van der Waals surface area contributed by atoms with E-state index in [-0.39, 0.29) is 22.2 Å². The molecule has 0 saturated carbocycles. The number of benzene rings is 1. The Balaban J connectivity index is 1.83. The van der Waals surface area contributed by atoms with Crippen LogP contribution in [0.3, 0.4) is 0 Å². The first kappa shape index (κ1) is 21.4. The summed E-state index contributed by atoms with van der Waals surface area (Å²) in [6.07, 6.45) is 4.69. The summed E-state index contributed by atoms with van der Waals surface area (Å²) >= 11 is 0. The Bertz CT molecular complexity index is 1030. The van der Waals surface area contributed by atoms with Gasteiger partial charge in [-0.1, -0.05) is 6.07 Å². The third-order valence-electron chi connectivity index (χ3n) is 4.11. The number of ether oxygens (including phenoxy) is 2. The molecule has 0 spiro atoms. The van der Waals surface area contributed by atoms with Gasteiger partial charge < -0.3 is 14.8 Å². The molecule has 0 fully saturated rings. The van der Waals surface area contributed by atoms with Gasteiger partial charge in [0.25, 0.3) is 5.91 Å². The van der Waals surface area contributed by atoms with E-state index in [4.69, 9.17) is 9.47 Å². The molecular weight excluding hydrogens is 402 g/mol. The monoisotopic (exact) mass is 425 g/mol. The van der Waals surface area contributed by atoms with Gasteiger partial charge in [-0.05, 0) is 44.2 Å². The molecule has 1 N–H and O–H groups in total. The average Bonchev–Trinajstić information content (AvgIpc) is 2.76. The van der Waals surface area contributed by atoms with Crippen LogP contribution in [-0.4, -0.2) is 33.3 Å². The van der Waals surface area contributed by atoms with E-state index in [1.807, 2.05) is 26.0 Å². The number of nitrogens with zero attached hydrogens (tertiary/aromatic N) is 2. The maximum atomic E-state index is 13.1. The highest BCUT2D eigenvalue weighted by Crippen LogP contribution is 2.28. The van der Waals surface area contributed by atoms with Crippen molar-refractivity contribution in [1.29, 1.82) is 0 Å². The molecule has 0 aliphatic heterocycles. The van der Waals surface area contributed by atoms with Crippen molar-refractivity contribution in [3.8, 4) is 11.5 Å². The van der Waals surface area contributed by atoms with Gasteiger partial charge in [0.15, 0.2) is 0 Å². The van der Waals surface area contributed by atoms with E-state index in [1.165, 1.54) is 6.20 Å². The van der Waals surface area contributed by atoms with Gasteiger partial charge in [0.1, 0.15) is 16.5 Å². The highest BCUT2D eigenvalue weighted by molar-refractivity contribution is 7.84. The molecule has 0 aliphatic rings. The van der Waals surface area contributed by atoms with E-state index in [1.54, 1.807) is 42.7 Å². The van der Waals surface area contributed by atoms with Crippen LogP contribution in [0.25, 0.3) is 0 Å². The molecule has 2 aromatic heterocycles. The fourth-order valence-corrected chi connectivity index (χ4v) is 4.03. The van der Waals surface area contributed by atoms with Gasteiger partial charge in [-0.25, -0.2) is 4.98 Å². The minimum absolute atomic E-state index is 0.161. The quantitative estimate of drug-likeness (QED) is 0.560. The zero-order valence-corrected chi connectivity index (χ0v) is 17.6. The van der Waals surface area contributed by atoms with Crippen LogP contribution >= 0.6 is 0 Å². The summed E-state index contributed by atoms with van der Waals surface area (Å²) in [5.74, 6) is 1.07. The van der Waals surface area contributed by atoms with Crippen LogP contribution in [0.15, 0.2) is 66.1 Å². The number of carbonyl (C=O) groups is 1. The lowest BCUT2D eigenvalue weighted by atomic mass is 10.2. The van der Waals surface area contributed by atoms with Crippen molar-refractivity contribution in [3.05, 3.63) is 72.2 Å². The molecule has 3 aromatic rings. The SMILES string of the molecule is CCOc1ccc(CS(=O)c2ncccc2C(=O)Nc2ccncc2)c(OCC)c1. The summed E-state index contributed by atoms with van der Waals surface area (Å²) in [7, 11) is -1.55. The molecular formula is C22H23N3O4S. The number of amides is 1. The molecule has 30 heavy (non-hydrogen) atoms. The third kappa shape index (κ3) is 5.42. The Hall–Kier alpha value is -3.26. The molecule has 2 heterocycles. The first-order chi connectivity index (χ1) is 14.6. The summed E-state index contributed by atoms with van der Waals surface area (Å²) in [6, 6.07) is 12.0. The van der Waals surface area contributed by atoms with E-state index in [2.05, 4.69) is 15.3 Å². The highest BCUT2D eigenvalue weighted by atomic mass is 32.2. The minimum Gasteiger partial charge on any atom is -0.494 e. The number of rotatable bonds is 9. The predicted molar refractivity (Wildman–Crippen MR) is 115 cm³/mol. The van der Waals surface area contributed by atoms with Crippen molar-refractivity contribution in [2.45, 2.75) is 24.6 Å². The number of nitrogens with one attached hydrogen (secondary N) is 1. The highest BCUT2D eigenvalue weighted by Gasteiger charge is 2.19. The van der Waals surface area contributed by atoms with Crippen molar-refractivity contribution in [1.82, 2.24) is 9.97 Å². The lowest BCUT2D eigenvalue weighted by molar-refractivity contribution is 0.102. The summed E-state index contributed by atoms with van der Waals surface area (Å²) in [4.78, 5) is 20.9. The second-order valence-electron chi connectivity index (χ2n) is 6.17. The van der Waals surface area contributed by atoms with Crippen molar-refractivity contribution in [2.75, 3.05) is 18.5 Å². The van der Waals surface area contributed by atoms with E-state index in [0.29, 0.717) is 30.4 Å². The maximum absolute atomic E-state index is 13.1. The van der Waals surface area contributed by atoms with Crippen LogP contribution in [0.5, 0.6) is 11.5 Å². The fourth-order valence-electron chi connectivity index (χ4n) is 2.79. The van der Waals surface area contributed by atoms with Gasteiger partial charge in [0, 0.05) is 35.9 Å². The number of hydrogen-bond acceptors (Lipinski definition) is 6. The summed E-state index contributed by atoms with van der Waals surface area (Å²) < 4.78 is 24.3. The third-order valence-corrected chi connectivity index (χ3v) is 5.44. The van der Waals surface area contributed by atoms with Crippen LogP contribution in [0.4, 0.5) is 5.69 Å². The van der Waals surface area contributed by atoms with Crippen LogP contribution in [0, 0.1) is 0 Å². The maximum Gasteiger partial charge on any atom is 0.258 e. The van der Waals surface area contributed by atoms with Crippen molar-refractivity contribution >= 4 is 22.4 Å². The van der Waals surface area contributed by atoms with Gasteiger partial charge in [-0.3, -0.25) is 14.0 Å². The molecule has 0 bridgehead atoms. The first-order valence-electron chi connectivity index (χ1n) is 9.55. The molecule has 3 rings (SSSR count). The average molecular weight is 426 g/mol. The Morgan fingerprint density at radius 2 is 1.80 bits per heavy atom. The molecule has 7 nitrogen and oxygen atoms in total. The second kappa shape index (κ2) is 10.5. The fraction of sp³-hybridized carbons (Fsp3) is 0.227. The Morgan fingerprint density at radius 1 is 1.03 bits per heavy atom. The van der Waals surface area contributed by atoms with Gasteiger partial charge in [0.05, 0.1) is 35.3 Å². The lowest BCUT2D eigenvalue weighted by Crippen LogP contribution is -2.16. The first-order valence-corrected chi connectivity index (χ1v) is 10.9. The largest absolute Gasteiger partial charge is 0.494 e. The zero-order chi connectivity index (χ0) is 21.3. The molecule has 0 aliphatic carbocycles. The standard InChI is InChI=1S/C22H23N3O4S/c1-3-28-18-8-7-16(20(14-18)29-4-2)15-30(27)22-19(6-5-11-24-22)21(26)25-17-9-12-23-13-10-17/h5-14H,3-4,15H2,1-2H3,(H,23,25,26). The number of hydrogen-bond donors (Lipinski definition) is 1. The smallest absolute Gasteiger partial charge is 0.258 e. The van der Waals surface area contributed by atoms with Gasteiger partial charge in [0.2, 0.25) is 0 Å². The Labute approximate surface area is 177 Å². The molecule has 8 heteroatoms. The normalized spacial score (nSPS) is 11.5. The molecule has 1 atom stereocenters. The molecule has 0 saturated heterocycles. The zero-order valence-electron chi connectivity index (χ0n) is 16.8. The van der Waals surface area contributed by atoms with Crippen molar-refractivity contribution in [3.63, 3.8) is 0 Å². The summed E-state index contributed by atoms with van der Waals surface area (Å²) in [6.45, 7) is 4.80. The van der Waals surface area contributed by atoms with Crippen molar-refractivity contribution < 1.29 is 18.5 Å². The number of aromatic nitrogens is 2. The van der Waals surface area contributed by atoms with Crippen molar-refractivity contribution in [2.24, 2.45) is 0 Å². The second-order valence-corrected chi connectivity index (χ2v) is 7.54. The number of pyridine rings is 2.